The van der Waals surface area contributed by atoms with Gasteiger partial charge in [0.05, 0.1) is 0 Å². The topological polar surface area (TPSA) is 56.8 Å². The second-order valence-electron chi connectivity index (χ2n) is 2.48. The lowest BCUT2D eigenvalue weighted by molar-refractivity contribution is -0.455. The summed E-state index contributed by atoms with van der Waals surface area (Å²) in [6.45, 7) is 6.23. The van der Waals surface area contributed by atoms with Crippen LogP contribution in [0.15, 0.2) is 0 Å². The van der Waals surface area contributed by atoms with E-state index in [1.807, 2.05) is 0 Å². The summed E-state index contributed by atoms with van der Waals surface area (Å²) in [6, 6.07) is 0. The Hall–Kier alpha value is -0.200. The minimum Gasteiger partial charge on any atom is -0.346 e. The zero-order chi connectivity index (χ0) is 11.0. The Labute approximate surface area is 84.9 Å². The summed E-state index contributed by atoms with van der Waals surface area (Å²) in [5, 5.41) is 11.9. The second kappa shape index (κ2) is 7.14. The van der Waals surface area contributed by atoms with E-state index in [9.17, 15) is 5.11 Å². The smallest absolute Gasteiger partial charge is 0.346 e. The molecular weight excluding hydrogens is 188 g/mol. The van der Waals surface area contributed by atoms with Crippen LogP contribution in [0.2, 0.25) is 0 Å². The van der Waals surface area contributed by atoms with E-state index in [1.54, 1.807) is 20.8 Å². The van der Waals surface area contributed by atoms with Crippen LogP contribution in [0, 0.1) is 0 Å². The molecule has 14 heavy (non-hydrogen) atoms. The van der Waals surface area contributed by atoms with Crippen molar-refractivity contribution in [2.75, 3.05) is 26.9 Å². The molecule has 0 heterocycles. The predicted molar refractivity (Wildman–Crippen MR) is 49.1 cm³/mol. The van der Waals surface area contributed by atoms with Gasteiger partial charge in [-0.3, -0.25) is 0 Å². The van der Waals surface area contributed by atoms with Gasteiger partial charge < -0.3 is 18.9 Å². The Morgan fingerprint density at radius 3 is 1.86 bits per heavy atom. The lowest BCUT2D eigenvalue weighted by Gasteiger charge is -2.30. The van der Waals surface area contributed by atoms with E-state index < -0.39 is 12.3 Å². The van der Waals surface area contributed by atoms with Crippen LogP contribution >= 0.6 is 0 Å². The number of hydrogen-bond acceptors (Lipinski definition) is 4. The largest absolute Gasteiger partial charge is 0.364 e. The first kappa shape index (κ1) is 13.8. The Morgan fingerprint density at radius 1 is 1.07 bits per heavy atom. The van der Waals surface area contributed by atoms with Gasteiger partial charge in [0.1, 0.15) is 0 Å². The van der Waals surface area contributed by atoms with Gasteiger partial charge in [-0.2, -0.15) is 5.11 Å². The van der Waals surface area contributed by atoms with E-state index in [2.05, 4.69) is 0 Å². The quantitative estimate of drug-likeness (QED) is 0.560. The van der Waals surface area contributed by atoms with E-state index in [0.29, 0.717) is 13.2 Å². The number of methoxy groups -OCH3 is 1. The van der Waals surface area contributed by atoms with E-state index in [-0.39, 0.29) is 6.61 Å². The molecular formula is C9H19O5. The highest BCUT2D eigenvalue weighted by Crippen LogP contribution is 2.19. The van der Waals surface area contributed by atoms with Gasteiger partial charge in [0, 0.05) is 26.9 Å². The zero-order valence-corrected chi connectivity index (χ0v) is 9.24. The first-order chi connectivity index (χ1) is 6.64. The van der Waals surface area contributed by atoms with Gasteiger partial charge in [0.25, 0.3) is 0 Å². The van der Waals surface area contributed by atoms with Crippen molar-refractivity contribution in [2.45, 2.75) is 33.0 Å². The fourth-order valence-electron chi connectivity index (χ4n) is 0.979. The van der Waals surface area contributed by atoms with Gasteiger partial charge in [0.15, 0.2) is 0 Å². The van der Waals surface area contributed by atoms with Crippen molar-refractivity contribution in [1.29, 1.82) is 0 Å². The van der Waals surface area contributed by atoms with E-state index in [1.165, 1.54) is 7.11 Å². The fraction of sp³-hybridized carbons (Fsp3) is 1.00. The highest BCUT2D eigenvalue weighted by Gasteiger charge is 2.42. The maximum Gasteiger partial charge on any atom is 0.364 e. The van der Waals surface area contributed by atoms with Gasteiger partial charge in [-0.15, -0.1) is 0 Å². The molecule has 1 radical (unpaired) electrons. The summed E-state index contributed by atoms with van der Waals surface area (Å²) in [5.74, 6) is -2.08. The number of rotatable bonds is 8. The molecule has 0 rings (SSSR count). The van der Waals surface area contributed by atoms with Crippen LogP contribution in [0.1, 0.15) is 20.8 Å². The van der Waals surface area contributed by atoms with E-state index >= 15 is 0 Å². The lowest BCUT2D eigenvalue weighted by Crippen LogP contribution is -2.48. The van der Waals surface area contributed by atoms with E-state index in [4.69, 9.17) is 18.9 Å². The second-order valence-corrected chi connectivity index (χ2v) is 2.48. The van der Waals surface area contributed by atoms with Crippen LogP contribution in [-0.2, 0) is 24.1 Å². The van der Waals surface area contributed by atoms with Gasteiger partial charge in [-0.1, -0.05) is 0 Å². The van der Waals surface area contributed by atoms with Crippen LogP contribution < -0.4 is 0 Å². The van der Waals surface area contributed by atoms with Crippen molar-refractivity contribution in [2.24, 2.45) is 0 Å². The monoisotopic (exact) mass is 207 g/mol. The molecule has 0 aromatic rings. The fourth-order valence-corrected chi connectivity index (χ4v) is 0.979. The maximum absolute atomic E-state index is 11.9. The number of hydrogen-bond donors (Lipinski definition) is 0. The summed E-state index contributed by atoms with van der Waals surface area (Å²) in [4.78, 5) is 0. The van der Waals surface area contributed by atoms with E-state index in [0.717, 1.165) is 0 Å². The van der Waals surface area contributed by atoms with Crippen LogP contribution in [-0.4, -0.2) is 39.2 Å². The predicted octanol–water partition coefficient (Wildman–Crippen LogP) is 1.15. The first-order valence-electron chi connectivity index (χ1n) is 4.77. The molecule has 0 aliphatic heterocycles. The summed E-state index contributed by atoms with van der Waals surface area (Å²) in [7, 11) is 1.27. The molecule has 0 aliphatic rings. The normalized spacial score (nSPS) is 15.9. The SMILES string of the molecule is CCOC(OCC)C([O])(OC)OCC. The zero-order valence-electron chi connectivity index (χ0n) is 9.24. The molecule has 0 aliphatic carbocycles. The lowest BCUT2D eigenvalue weighted by atomic mass is 10.5. The summed E-state index contributed by atoms with van der Waals surface area (Å²) in [6.07, 6.45) is -1.04. The molecule has 0 aromatic carbocycles. The summed E-state index contributed by atoms with van der Waals surface area (Å²) in [5.41, 5.74) is 0. The Morgan fingerprint density at radius 2 is 1.57 bits per heavy atom. The molecule has 5 heteroatoms. The van der Waals surface area contributed by atoms with Gasteiger partial charge in [0.2, 0.25) is 6.29 Å². The Kier molecular flexibility index (Phi) is 7.04. The third-order valence-corrected chi connectivity index (χ3v) is 1.55. The highest BCUT2D eigenvalue weighted by molar-refractivity contribution is 4.59. The maximum atomic E-state index is 11.9. The molecule has 0 amide bonds. The molecule has 5 nitrogen and oxygen atoms in total. The third-order valence-electron chi connectivity index (χ3n) is 1.55. The van der Waals surface area contributed by atoms with Crippen molar-refractivity contribution in [3.8, 4) is 0 Å². The van der Waals surface area contributed by atoms with Gasteiger partial charge >= 0.3 is 5.97 Å². The van der Waals surface area contributed by atoms with Crippen LogP contribution in [0.3, 0.4) is 0 Å². The first-order valence-corrected chi connectivity index (χ1v) is 4.77. The molecule has 0 saturated heterocycles. The van der Waals surface area contributed by atoms with Crippen molar-refractivity contribution in [3.05, 3.63) is 0 Å². The Bertz CT molecular complexity index is 135. The molecule has 0 saturated carbocycles. The average Bonchev–Trinajstić information content (AvgIpc) is 2.18. The molecule has 85 valence electrons. The molecule has 1 atom stereocenters. The third kappa shape index (κ3) is 3.89. The Balaban J connectivity index is 4.37. The van der Waals surface area contributed by atoms with Crippen LogP contribution in [0.5, 0.6) is 0 Å². The van der Waals surface area contributed by atoms with Crippen molar-refractivity contribution in [1.82, 2.24) is 0 Å². The van der Waals surface area contributed by atoms with Crippen molar-refractivity contribution >= 4 is 0 Å². The molecule has 1 unspecified atom stereocenters. The molecule has 0 bridgehead atoms. The van der Waals surface area contributed by atoms with Crippen molar-refractivity contribution in [3.63, 3.8) is 0 Å². The molecule has 0 spiro atoms. The minimum atomic E-state index is -2.08. The summed E-state index contributed by atoms with van der Waals surface area (Å²) >= 11 is 0. The standard InChI is InChI=1S/C9H19O5/c1-5-12-8(13-6-2)9(10,11-4)14-7-3/h8H,5-7H2,1-4H3. The van der Waals surface area contributed by atoms with Crippen molar-refractivity contribution < 1.29 is 24.1 Å². The molecule has 0 fully saturated rings. The summed E-state index contributed by atoms with van der Waals surface area (Å²) < 4.78 is 19.8. The molecule has 0 N–H and O–H groups in total. The van der Waals surface area contributed by atoms with Crippen LogP contribution in [0.4, 0.5) is 0 Å². The van der Waals surface area contributed by atoms with Crippen LogP contribution in [0.25, 0.3) is 0 Å². The van der Waals surface area contributed by atoms with Gasteiger partial charge in [-0.05, 0) is 20.8 Å². The minimum absolute atomic E-state index is 0.244. The van der Waals surface area contributed by atoms with Gasteiger partial charge in [-0.25, -0.2) is 0 Å². The number of ether oxygens (including phenoxy) is 4. The average molecular weight is 207 g/mol. The highest BCUT2D eigenvalue weighted by atomic mass is 16.9. The molecule has 0 aromatic heterocycles.